The summed E-state index contributed by atoms with van der Waals surface area (Å²) in [5.74, 6) is 0.696. The van der Waals surface area contributed by atoms with Crippen molar-refractivity contribution in [3.8, 4) is 5.75 Å². The fourth-order valence-electron chi connectivity index (χ4n) is 0.924. The average Bonchev–Trinajstić information content (AvgIpc) is 2.16. The van der Waals surface area contributed by atoms with Gasteiger partial charge < -0.3 is 10.5 Å². The van der Waals surface area contributed by atoms with E-state index in [1.807, 2.05) is 18.2 Å². The van der Waals surface area contributed by atoms with E-state index in [9.17, 15) is 0 Å². The molecule has 0 amide bonds. The predicted octanol–water partition coefficient (Wildman–Crippen LogP) is 3.47. The Hall–Kier alpha value is -0.250. The van der Waals surface area contributed by atoms with Crippen LogP contribution in [-0.4, -0.2) is 13.2 Å². The van der Waals surface area contributed by atoms with Gasteiger partial charge in [-0.1, -0.05) is 41.4 Å². The highest BCUT2D eigenvalue weighted by molar-refractivity contribution is 9.10. The molecule has 0 fully saturated rings. The first kappa shape index (κ1) is 12.8. The normalized spacial score (nSPS) is 11.5. The molecule has 0 aliphatic rings. The van der Waals surface area contributed by atoms with Crippen LogP contribution in [0.4, 0.5) is 0 Å². The summed E-state index contributed by atoms with van der Waals surface area (Å²) in [6.45, 7) is 5.26. The highest BCUT2D eigenvalue weighted by Gasteiger charge is 2.17. The van der Waals surface area contributed by atoms with Crippen molar-refractivity contribution in [1.29, 1.82) is 0 Å². The van der Waals surface area contributed by atoms with Gasteiger partial charge in [-0.3, -0.25) is 0 Å². The summed E-state index contributed by atoms with van der Waals surface area (Å²) < 4.78 is 6.56. The van der Waals surface area contributed by atoms with Crippen molar-refractivity contribution < 1.29 is 4.74 Å². The van der Waals surface area contributed by atoms with Crippen molar-refractivity contribution in [2.24, 2.45) is 11.1 Å². The van der Waals surface area contributed by atoms with Gasteiger partial charge in [0.05, 0.1) is 11.6 Å². The van der Waals surface area contributed by atoms with Crippen LogP contribution in [0.3, 0.4) is 0 Å². The molecule has 1 rings (SSSR count). The largest absolute Gasteiger partial charge is 0.491 e. The van der Waals surface area contributed by atoms with E-state index in [1.165, 1.54) is 0 Å². The van der Waals surface area contributed by atoms with Gasteiger partial charge in [0.15, 0.2) is 0 Å². The number of benzene rings is 1. The van der Waals surface area contributed by atoms with Crippen LogP contribution in [-0.2, 0) is 0 Å². The molecule has 15 heavy (non-hydrogen) atoms. The van der Waals surface area contributed by atoms with Crippen molar-refractivity contribution in [1.82, 2.24) is 0 Å². The van der Waals surface area contributed by atoms with E-state index < -0.39 is 0 Å². The van der Waals surface area contributed by atoms with Gasteiger partial charge in [0.25, 0.3) is 0 Å². The monoisotopic (exact) mass is 291 g/mol. The molecule has 1 aromatic rings. The second-order valence-electron chi connectivity index (χ2n) is 4.23. The molecule has 0 aliphatic heterocycles. The summed E-state index contributed by atoms with van der Waals surface area (Å²) in [5, 5.41) is 0.609. The SMILES string of the molecule is CC(C)(CN)COc1ccc(Br)cc1Cl. The Bertz CT molecular complexity index is 341. The molecule has 0 bridgehead atoms. The molecule has 0 saturated carbocycles. The van der Waals surface area contributed by atoms with Gasteiger partial charge in [0, 0.05) is 16.4 Å². The Morgan fingerprint density at radius 2 is 2.13 bits per heavy atom. The first-order valence-corrected chi connectivity index (χ1v) is 5.90. The lowest BCUT2D eigenvalue weighted by Gasteiger charge is -2.22. The van der Waals surface area contributed by atoms with E-state index in [4.69, 9.17) is 22.1 Å². The third kappa shape index (κ3) is 4.01. The Morgan fingerprint density at radius 1 is 1.47 bits per heavy atom. The van der Waals surface area contributed by atoms with Crippen LogP contribution in [0.25, 0.3) is 0 Å². The topological polar surface area (TPSA) is 35.2 Å². The quantitative estimate of drug-likeness (QED) is 0.922. The lowest BCUT2D eigenvalue weighted by molar-refractivity contribution is 0.187. The Labute approximate surface area is 104 Å². The summed E-state index contributed by atoms with van der Waals surface area (Å²) in [6, 6.07) is 5.56. The van der Waals surface area contributed by atoms with E-state index in [2.05, 4.69) is 29.8 Å². The number of nitrogens with two attached hydrogens (primary N) is 1. The zero-order chi connectivity index (χ0) is 11.5. The lowest BCUT2D eigenvalue weighted by atomic mass is 9.95. The van der Waals surface area contributed by atoms with Crippen molar-refractivity contribution in [3.63, 3.8) is 0 Å². The molecular formula is C11H15BrClNO. The minimum Gasteiger partial charge on any atom is -0.491 e. The molecule has 1 aromatic carbocycles. The van der Waals surface area contributed by atoms with Crippen molar-refractivity contribution >= 4 is 27.5 Å². The van der Waals surface area contributed by atoms with Crippen LogP contribution < -0.4 is 10.5 Å². The molecule has 0 radical (unpaired) electrons. The highest BCUT2D eigenvalue weighted by atomic mass is 79.9. The van der Waals surface area contributed by atoms with Crippen molar-refractivity contribution in [2.45, 2.75) is 13.8 Å². The Balaban J connectivity index is 2.66. The Kier molecular flexibility index (Phi) is 4.44. The highest BCUT2D eigenvalue weighted by Crippen LogP contribution is 2.29. The minimum absolute atomic E-state index is 0.0313. The molecule has 84 valence electrons. The standard InChI is InChI=1S/C11H15BrClNO/c1-11(2,6-14)7-15-10-4-3-8(12)5-9(10)13/h3-5H,6-7,14H2,1-2H3. The number of ether oxygens (including phenoxy) is 1. The molecule has 0 heterocycles. The number of hydrogen-bond acceptors (Lipinski definition) is 2. The van der Waals surface area contributed by atoms with Crippen molar-refractivity contribution in [3.05, 3.63) is 27.7 Å². The van der Waals surface area contributed by atoms with Crippen LogP contribution in [0.1, 0.15) is 13.8 Å². The first-order valence-electron chi connectivity index (χ1n) is 4.72. The van der Waals surface area contributed by atoms with Gasteiger partial charge in [0.2, 0.25) is 0 Å². The lowest BCUT2D eigenvalue weighted by Crippen LogP contribution is -2.30. The molecule has 2 nitrogen and oxygen atoms in total. The van der Waals surface area contributed by atoms with Gasteiger partial charge >= 0.3 is 0 Å². The van der Waals surface area contributed by atoms with Gasteiger partial charge in [0.1, 0.15) is 5.75 Å². The number of rotatable bonds is 4. The van der Waals surface area contributed by atoms with Crippen LogP contribution in [0.5, 0.6) is 5.75 Å². The van der Waals surface area contributed by atoms with Crippen LogP contribution in [0.2, 0.25) is 5.02 Å². The molecule has 2 N–H and O–H groups in total. The maximum Gasteiger partial charge on any atom is 0.137 e. The van der Waals surface area contributed by atoms with Crippen LogP contribution in [0.15, 0.2) is 22.7 Å². The van der Waals surface area contributed by atoms with Gasteiger partial charge in [-0.25, -0.2) is 0 Å². The van der Waals surface area contributed by atoms with Gasteiger partial charge in [-0.15, -0.1) is 0 Å². The van der Waals surface area contributed by atoms with E-state index in [0.29, 0.717) is 23.9 Å². The molecule has 0 aliphatic carbocycles. The second-order valence-corrected chi connectivity index (χ2v) is 5.55. The molecular weight excluding hydrogens is 277 g/mol. The zero-order valence-electron chi connectivity index (χ0n) is 8.89. The average molecular weight is 293 g/mol. The summed E-state index contributed by atoms with van der Waals surface area (Å²) >= 11 is 9.36. The number of hydrogen-bond donors (Lipinski definition) is 1. The van der Waals surface area contributed by atoms with Crippen LogP contribution >= 0.6 is 27.5 Å². The fourth-order valence-corrected chi connectivity index (χ4v) is 1.65. The van der Waals surface area contributed by atoms with Crippen molar-refractivity contribution in [2.75, 3.05) is 13.2 Å². The number of halogens is 2. The predicted molar refractivity (Wildman–Crippen MR) is 67.5 cm³/mol. The van der Waals surface area contributed by atoms with E-state index in [-0.39, 0.29) is 5.41 Å². The second kappa shape index (κ2) is 5.19. The zero-order valence-corrected chi connectivity index (χ0v) is 11.2. The van der Waals surface area contributed by atoms with E-state index >= 15 is 0 Å². The maximum absolute atomic E-state index is 6.02. The fraction of sp³-hybridized carbons (Fsp3) is 0.455. The summed E-state index contributed by atoms with van der Waals surface area (Å²) in [6.07, 6.45) is 0. The summed E-state index contributed by atoms with van der Waals surface area (Å²) in [5.41, 5.74) is 5.58. The van der Waals surface area contributed by atoms with Gasteiger partial charge in [-0.05, 0) is 18.2 Å². The molecule has 0 aromatic heterocycles. The molecule has 0 spiro atoms. The minimum atomic E-state index is -0.0313. The molecule has 0 unspecified atom stereocenters. The first-order chi connectivity index (χ1) is 6.94. The summed E-state index contributed by atoms with van der Waals surface area (Å²) in [4.78, 5) is 0. The van der Waals surface area contributed by atoms with E-state index in [1.54, 1.807) is 0 Å². The third-order valence-electron chi connectivity index (χ3n) is 2.06. The molecule has 4 heteroatoms. The third-order valence-corrected chi connectivity index (χ3v) is 2.85. The smallest absolute Gasteiger partial charge is 0.137 e. The maximum atomic E-state index is 6.02. The van der Waals surface area contributed by atoms with Crippen LogP contribution in [0, 0.1) is 5.41 Å². The van der Waals surface area contributed by atoms with Gasteiger partial charge in [-0.2, -0.15) is 0 Å². The van der Waals surface area contributed by atoms with E-state index in [0.717, 1.165) is 4.47 Å². The summed E-state index contributed by atoms with van der Waals surface area (Å²) in [7, 11) is 0. The molecule has 0 atom stereocenters. The molecule has 0 saturated heterocycles. The Morgan fingerprint density at radius 3 is 2.67 bits per heavy atom.